The summed E-state index contributed by atoms with van der Waals surface area (Å²) >= 11 is 0. The minimum atomic E-state index is -0.0722. The van der Waals surface area contributed by atoms with Crippen LogP contribution in [0, 0.1) is 5.92 Å². The molecule has 0 saturated carbocycles. The van der Waals surface area contributed by atoms with Gasteiger partial charge in [-0.1, -0.05) is 18.2 Å². The topological polar surface area (TPSA) is 84.8 Å². The molecule has 3 heterocycles. The van der Waals surface area contributed by atoms with Crippen LogP contribution in [0.15, 0.2) is 36.7 Å². The third kappa shape index (κ3) is 3.35. The molecule has 26 heavy (non-hydrogen) atoms. The molecule has 1 aromatic carbocycles. The monoisotopic (exact) mass is 353 g/mol. The molecule has 0 bridgehead atoms. The maximum Gasteiger partial charge on any atom is 0.226 e. The third-order valence-corrected chi connectivity index (χ3v) is 5.00. The molecule has 0 aliphatic carbocycles. The number of fused-ring (bicyclic) bond motifs is 1. The number of benzene rings is 1. The molecule has 136 valence electrons. The fourth-order valence-electron chi connectivity index (χ4n) is 3.61. The molecule has 1 fully saturated rings. The third-order valence-electron chi connectivity index (χ3n) is 5.00. The highest BCUT2D eigenvalue weighted by molar-refractivity contribution is 5.87. The molecule has 2 N–H and O–H groups in total. The van der Waals surface area contributed by atoms with Crippen LogP contribution in [0.3, 0.4) is 0 Å². The quantitative estimate of drug-likeness (QED) is 0.736. The molecular formula is C19H23N5O2. The number of amides is 1. The molecule has 0 unspecified atom stereocenters. The molecule has 7 nitrogen and oxygen atoms in total. The first-order valence-electron chi connectivity index (χ1n) is 9.00. The van der Waals surface area contributed by atoms with Gasteiger partial charge in [0.1, 0.15) is 11.9 Å². The van der Waals surface area contributed by atoms with Gasteiger partial charge in [-0.05, 0) is 18.9 Å². The molecule has 2 aromatic heterocycles. The van der Waals surface area contributed by atoms with Gasteiger partial charge >= 0.3 is 0 Å². The summed E-state index contributed by atoms with van der Waals surface area (Å²) in [6.07, 6.45) is 5.95. The van der Waals surface area contributed by atoms with E-state index in [1.54, 1.807) is 6.20 Å². The summed E-state index contributed by atoms with van der Waals surface area (Å²) in [5.41, 5.74) is 1.73. The highest BCUT2D eigenvalue weighted by atomic mass is 16.5. The number of carbonyl (C=O) groups is 1. The van der Waals surface area contributed by atoms with Crippen molar-refractivity contribution in [3.8, 4) is 0 Å². The molecule has 1 aliphatic rings. The maximum atomic E-state index is 12.4. The van der Waals surface area contributed by atoms with E-state index in [0.29, 0.717) is 13.0 Å². The molecule has 4 rings (SSSR count). The number of carbonyl (C=O) groups excluding carboxylic acids is 1. The number of nitrogens with one attached hydrogen (secondary N) is 2. The molecule has 2 atom stereocenters. The highest BCUT2D eigenvalue weighted by Crippen LogP contribution is 2.32. The average Bonchev–Trinajstić information content (AvgIpc) is 3.27. The molecule has 1 aliphatic heterocycles. The lowest BCUT2D eigenvalue weighted by atomic mass is 9.93. The first-order valence-corrected chi connectivity index (χ1v) is 9.00. The number of aromatic nitrogens is 4. The number of aromatic amines is 1. The molecule has 1 saturated heterocycles. The van der Waals surface area contributed by atoms with Gasteiger partial charge in [0.2, 0.25) is 5.91 Å². The smallest absolute Gasteiger partial charge is 0.226 e. The molecule has 3 aromatic rings. The van der Waals surface area contributed by atoms with Crippen LogP contribution in [-0.4, -0.2) is 38.8 Å². The second-order valence-electron chi connectivity index (χ2n) is 6.79. The van der Waals surface area contributed by atoms with Crippen LogP contribution in [0.5, 0.6) is 0 Å². The Bertz CT molecular complexity index is 900. The Morgan fingerprint density at radius 3 is 3.15 bits per heavy atom. The van der Waals surface area contributed by atoms with Gasteiger partial charge in [-0.3, -0.25) is 9.89 Å². The van der Waals surface area contributed by atoms with Gasteiger partial charge in [0.05, 0.1) is 17.6 Å². The molecule has 7 heteroatoms. The number of nitrogens with zero attached hydrogens (tertiary/aromatic N) is 3. The van der Waals surface area contributed by atoms with E-state index in [1.807, 2.05) is 42.1 Å². The van der Waals surface area contributed by atoms with Gasteiger partial charge in [0.15, 0.2) is 0 Å². The van der Waals surface area contributed by atoms with Crippen LogP contribution in [0.2, 0.25) is 0 Å². The average molecular weight is 353 g/mol. The number of aryl methyl sites for hydroxylation is 1. The number of ether oxygens (including phenoxy) is 1. The summed E-state index contributed by atoms with van der Waals surface area (Å²) in [7, 11) is 1.97. The Kier molecular flexibility index (Phi) is 4.71. The van der Waals surface area contributed by atoms with Crippen molar-refractivity contribution in [3.63, 3.8) is 0 Å². The van der Waals surface area contributed by atoms with E-state index in [1.165, 1.54) is 0 Å². The van der Waals surface area contributed by atoms with Crippen molar-refractivity contribution in [1.82, 2.24) is 25.1 Å². The van der Waals surface area contributed by atoms with Crippen molar-refractivity contribution in [2.24, 2.45) is 13.0 Å². The van der Waals surface area contributed by atoms with Crippen molar-refractivity contribution >= 4 is 16.8 Å². The lowest BCUT2D eigenvalue weighted by Crippen LogP contribution is -2.36. The predicted octanol–water partition coefficient (Wildman–Crippen LogP) is 2.12. The predicted molar refractivity (Wildman–Crippen MR) is 97.4 cm³/mol. The first-order chi connectivity index (χ1) is 12.7. The first kappa shape index (κ1) is 16.8. The number of H-pyrrole nitrogens is 1. The zero-order valence-corrected chi connectivity index (χ0v) is 14.8. The van der Waals surface area contributed by atoms with E-state index in [4.69, 9.17) is 4.74 Å². The van der Waals surface area contributed by atoms with E-state index >= 15 is 0 Å². The Morgan fingerprint density at radius 1 is 1.42 bits per heavy atom. The van der Waals surface area contributed by atoms with Crippen LogP contribution in [0.4, 0.5) is 0 Å². The fraction of sp³-hybridized carbons (Fsp3) is 0.421. The van der Waals surface area contributed by atoms with Crippen LogP contribution < -0.4 is 5.32 Å². The molecular weight excluding hydrogens is 330 g/mol. The van der Waals surface area contributed by atoms with Crippen molar-refractivity contribution < 1.29 is 9.53 Å². The Labute approximate surface area is 151 Å². The number of para-hydroxylation sites is 1. The second kappa shape index (κ2) is 7.29. The largest absolute Gasteiger partial charge is 0.370 e. The van der Waals surface area contributed by atoms with Crippen LogP contribution >= 0.6 is 0 Å². The van der Waals surface area contributed by atoms with Crippen molar-refractivity contribution in [2.45, 2.75) is 25.4 Å². The second-order valence-corrected chi connectivity index (χ2v) is 6.79. The van der Waals surface area contributed by atoms with E-state index < -0.39 is 0 Å². The van der Waals surface area contributed by atoms with E-state index in [9.17, 15) is 4.79 Å². The number of hydrogen-bond donors (Lipinski definition) is 2. The minimum Gasteiger partial charge on any atom is -0.370 e. The molecule has 0 spiro atoms. The lowest BCUT2D eigenvalue weighted by molar-refractivity contribution is -0.121. The molecule has 0 radical (unpaired) electrons. The van der Waals surface area contributed by atoms with Gasteiger partial charge in [-0.15, -0.1) is 0 Å². The highest BCUT2D eigenvalue weighted by Gasteiger charge is 2.30. The van der Waals surface area contributed by atoms with Gasteiger partial charge in [0, 0.05) is 43.9 Å². The Hall–Kier alpha value is -2.67. The summed E-state index contributed by atoms with van der Waals surface area (Å²) in [5.74, 6) is 1.14. The Balaban J connectivity index is 1.39. The maximum absolute atomic E-state index is 12.4. The lowest BCUT2D eigenvalue weighted by Gasteiger charge is -2.31. The minimum absolute atomic E-state index is 0.0106. The number of rotatable bonds is 5. The normalized spacial score (nSPS) is 20.3. The summed E-state index contributed by atoms with van der Waals surface area (Å²) in [4.78, 5) is 16.9. The zero-order chi connectivity index (χ0) is 17.9. The Morgan fingerprint density at radius 2 is 2.31 bits per heavy atom. The zero-order valence-electron chi connectivity index (χ0n) is 14.8. The molecule has 1 amide bonds. The van der Waals surface area contributed by atoms with Gasteiger partial charge in [0.25, 0.3) is 0 Å². The van der Waals surface area contributed by atoms with Gasteiger partial charge in [-0.25, -0.2) is 4.98 Å². The summed E-state index contributed by atoms with van der Waals surface area (Å²) < 4.78 is 7.95. The van der Waals surface area contributed by atoms with Crippen LogP contribution in [0.1, 0.15) is 30.5 Å². The van der Waals surface area contributed by atoms with Gasteiger partial charge in [-0.2, -0.15) is 5.10 Å². The van der Waals surface area contributed by atoms with E-state index in [2.05, 4.69) is 20.5 Å². The summed E-state index contributed by atoms with van der Waals surface area (Å²) in [6.45, 7) is 1.32. The van der Waals surface area contributed by atoms with Crippen LogP contribution in [0.25, 0.3) is 10.9 Å². The summed E-state index contributed by atoms with van der Waals surface area (Å²) in [6, 6.07) is 7.81. The van der Waals surface area contributed by atoms with Crippen LogP contribution in [-0.2, 0) is 23.0 Å². The van der Waals surface area contributed by atoms with E-state index in [-0.39, 0.29) is 17.9 Å². The standard InChI is InChI=1S/C19H23N5O2/c1-24-9-8-20-19(24)18-13(5-4-10-26-18)12-21-17(25)11-16-14-6-2-3-7-15(14)22-23-16/h2-3,6-9,13,18H,4-5,10-12H2,1H3,(H,21,25)(H,22,23)/t13-,18+/m0/s1. The van der Waals surface area contributed by atoms with Crippen molar-refractivity contribution in [3.05, 3.63) is 48.2 Å². The van der Waals surface area contributed by atoms with Gasteiger partial charge < -0.3 is 14.6 Å². The fourth-order valence-corrected chi connectivity index (χ4v) is 3.61. The summed E-state index contributed by atoms with van der Waals surface area (Å²) in [5, 5.41) is 11.3. The number of imidazole rings is 1. The van der Waals surface area contributed by atoms with Crippen molar-refractivity contribution in [2.75, 3.05) is 13.2 Å². The SMILES string of the molecule is Cn1ccnc1[C@@H]1OCCC[C@H]1CNC(=O)Cc1[nH]nc2ccccc12. The van der Waals surface area contributed by atoms with Crippen molar-refractivity contribution in [1.29, 1.82) is 0 Å². The number of hydrogen-bond acceptors (Lipinski definition) is 4. The van der Waals surface area contributed by atoms with E-state index in [0.717, 1.165) is 41.9 Å².